The minimum absolute atomic E-state index is 0.0677. The topological polar surface area (TPSA) is 85.6 Å². The van der Waals surface area contributed by atoms with Gasteiger partial charge in [-0.05, 0) is 39.0 Å². The Morgan fingerprint density at radius 1 is 1.14 bits per heavy atom. The van der Waals surface area contributed by atoms with E-state index < -0.39 is 11.2 Å². The lowest BCUT2D eigenvalue weighted by atomic mass is 10.1. The van der Waals surface area contributed by atoms with Crippen LogP contribution in [0.25, 0.3) is 11.3 Å². The maximum Gasteiger partial charge on any atom is 0.443 e. The van der Waals surface area contributed by atoms with Gasteiger partial charge in [0.2, 0.25) is 10.9 Å². The van der Waals surface area contributed by atoms with Crippen LogP contribution in [0.4, 0.5) is 18.2 Å². The van der Waals surface area contributed by atoms with Crippen molar-refractivity contribution in [2.24, 2.45) is 0 Å². The summed E-state index contributed by atoms with van der Waals surface area (Å²) < 4.78 is 53.6. The molecule has 0 spiro atoms. The number of benzene rings is 1. The molecular formula is C23H25F3N6O3S. The molecule has 3 aromatic rings. The van der Waals surface area contributed by atoms with Crippen molar-refractivity contribution in [1.82, 2.24) is 24.6 Å². The van der Waals surface area contributed by atoms with Gasteiger partial charge in [-0.15, -0.1) is 0 Å². The number of piperazine rings is 1. The third-order valence-electron chi connectivity index (χ3n) is 6.15. The smallest absolute Gasteiger partial charge is 0.443 e. The van der Waals surface area contributed by atoms with E-state index in [0.29, 0.717) is 77.9 Å². The van der Waals surface area contributed by atoms with Crippen molar-refractivity contribution < 1.29 is 27.4 Å². The predicted octanol–water partition coefficient (Wildman–Crippen LogP) is 3.55. The number of alkyl halides is 3. The average Bonchev–Trinajstić information content (AvgIpc) is 3.42. The summed E-state index contributed by atoms with van der Waals surface area (Å²) in [6.45, 7) is 7.41. The summed E-state index contributed by atoms with van der Waals surface area (Å²) in [4.78, 5) is 24.8. The molecule has 1 amide bonds. The Hall–Kier alpha value is -3.35. The highest BCUT2D eigenvalue weighted by Gasteiger charge is 2.38. The van der Waals surface area contributed by atoms with Gasteiger partial charge in [-0.1, -0.05) is 11.3 Å². The summed E-state index contributed by atoms with van der Waals surface area (Å²) in [6, 6.07) is 4.82. The zero-order valence-electron chi connectivity index (χ0n) is 20.0. The zero-order valence-corrected chi connectivity index (χ0v) is 20.8. The summed E-state index contributed by atoms with van der Waals surface area (Å²) >= 11 is 0.616. The second kappa shape index (κ2) is 9.26. The van der Waals surface area contributed by atoms with Gasteiger partial charge >= 0.3 is 6.18 Å². The Morgan fingerprint density at radius 3 is 2.56 bits per heavy atom. The van der Waals surface area contributed by atoms with E-state index >= 15 is 0 Å². The van der Waals surface area contributed by atoms with E-state index in [9.17, 15) is 18.0 Å². The number of hydrogen-bond donors (Lipinski definition) is 0. The summed E-state index contributed by atoms with van der Waals surface area (Å²) in [6.07, 6.45) is -4.57. The molecule has 0 aliphatic carbocycles. The number of carbonyl (C=O) groups is 1. The highest BCUT2D eigenvalue weighted by atomic mass is 32.1. The van der Waals surface area contributed by atoms with E-state index in [2.05, 4.69) is 15.1 Å². The molecule has 0 N–H and O–H groups in total. The lowest BCUT2D eigenvalue weighted by molar-refractivity contribution is -0.137. The largest absolute Gasteiger partial charge is 0.486 e. The van der Waals surface area contributed by atoms with E-state index in [1.807, 2.05) is 11.8 Å². The van der Waals surface area contributed by atoms with Gasteiger partial charge in [-0.2, -0.15) is 18.3 Å². The summed E-state index contributed by atoms with van der Waals surface area (Å²) in [5, 5.41) is 3.76. The lowest BCUT2D eigenvalue weighted by Crippen LogP contribution is -2.54. The minimum Gasteiger partial charge on any atom is -0.486 e. The molecule has 2 aliphatic rings. The Balaban J connectivity index is 1.39. The standard InChI is InChI=1S/C23H25F3N6O3S/c1-13-11-30(6-7-31(13)19(33)12-32-15(3)27-14(2)29-32)21-20(28-22(36-21)23(24,25)26)16-4-5-17-18(10-16)35-9-8-34-17/h4-5,10,13H,6-9,11-12H2,1-3H3/t13-/m1/s1. The maximum atomic E-state index is 13.6. The van der Waals surface area contributed by atoms with Crippen LogP contribution in [0.5, 0.6) is 11.5 Å². The first kappa shape index (κ1) is 24.3. The van der Waals surface area contributed by atoms with Gasteiger partial charge in [0.15, 0.2) is 11.5 Å². The summed E-state index contributed by atoms with van der Waals surface area (Å²) in [5.74, 6) is 2.17. The Bertz CT molecular complexity index is 1290. The first-order valence-corrected chi connectivity index (χ1v) is 12.3. The van der Waals surface area contributed by atoms with E-state index in [4.69, 9.17) is 9.47 Å². The molecule has 0 bridgehead atoms. The number of rotatable bonds is 4. The number of fused-ring (bicyclic) bond motifs is 1. The van der Waals surface area contributed by atoms with Crippen LogP contribution in [0, 0.1) is 13.8 Å². The van der Waals surface area contributed by atoms with Crippen molar-refractivity contribution >= 4 is 22.2 Å². The van der Waals surface area contributed by atoms with Crippen LogP contribution in [0.2, 0.25) is 0 Å². The van der Waals surface area contributed by atoms with E-state index in [1.54, 1.807) is 41.6 Å². The number of hydrogen-bond acceptors (Lipinski definition) is 8. The van der Waals surface area contributed by atoms with Crippen LogP contribution in [0.3, 0.4) is 0 Å². The second-order valence-electron chi connectivity index (χ2n) is 8.78. The van der Waals surface area contributed by atoms with Crippen molar-refractivity contribution in [3.05, 3.63) is 34.9 Å². The summed E-state index contributed by atoms with van der Waals surface area (Å²) in [7, 11) is 0. The van der Waals surface area contributed by atoms with Crippen LogP contribution >= 0.6 is 11.3 Å². The van der Waals surface area contributed by atoms with E-state index in [0.717, 1.165) is 0 Å². The number of halogens is 3. The summed E-state index contributed by atoms with van der Waals surface area (Å²) in [5.41, 5.74) is 0.758. The van der Waals surface area contributed by atoms with E-state index in [-0.39, 0.29) is 24.2 Å². The number of nitrogens with zero attached hydrogens (tertiary/aromatic N) is 6. The van der Waals surface area contributed by atoms with Crippen molar-refractivity contribution in [2.75, 3.05) is 37.7 Å². The maximum absolute atomic E-state index is 13.6. The normalized spacial score (nSPS) is 18.0. The van der Waals surface area contributed by atoms with Gasteiger partial charge in [-0.25, -0.2) is 14.6 Å². The van der Waals surface area contributed by atoms with Crippen LogP contribution in [0.1, 0.15) is 23.6 Å². The first-order chi connectivity index (χ1) is 17.1. The predicted molar refractivity (Wildman–Crippen MR) is 126 cm³/mol. The van der Waals surface area contributed by atoms with Crippen LogP contribution < -0.4 is 14.4 Å². The van der Waals surface area contributed by atoms with Crippen molar-refractivity contribution in [2.45, 2.75) is 39.5 Å². The van der Waals surface area contributed by atoms with Crippen molar-refractivity contribution in [1.29, 1.82) is 0 Å². The molecule has 1 atom stereocenters. The molecule has 1 aromatic carbocycles. The number of aryl methyl sites for hydroxylation is 2. The molecule has 36 heavy (non-hydrogen) atoms. The number of thiazole rings is 1. The number of amides is 1. The minimum atomic E-state index is -4.57. The Kier molecular flexibility index (Phi) is 6.27. The third kappa shape index (κ3) is 4.71. The SMILES string of the molecule is Cc1nc(C)n(CC(=O)N2CCN(c3sc(C(F)(F)F)nc3-c3ccc4c(c3)OCCO4)C[C@H]2C)n1. The van der Waals surface area contributed by atoms with Gasteiger partial charge in [0, 0.05) is 31.2 Å². The number of aromatic nitrogens is 4. The highest BCUT2D eigenvalue weighted by Crippen LogP contribution is 2.45. The second-order valence-corrected chi connectivity index (χ2v) is 9.75. The van der Waals surface area contributed by atoms with E-state index in [1.165, 1.54) is 0 Å². The van der Waals surface area contributed by atoms with Gasteiger partial charge in [0.05, 0.1) is 0 Å². The van der Waals surface area contributed by atoms with Crippen LogP contribution in [-0.4, -0.2) is 69.4 Å². The fourth-order valence-corrected chi connectivity index (χ4v) is 5.46. The van der Waals surface area contributed by atoms with Crippen molar-refractivity contribution in [3.8, 4) is 22.8 Å². The Labute approximate surface area is 209 Å². The molecule has 1 fully saturated rings. The molecule has 0 radical (unpaired) electrons. The van der Waals surface area contributed by atoms with Crippen molar-refractivity contribution in [3.63, 3.8) is 0 Å². The fourth-order valence-electron chi connectivity index (χ4n) is 4.47. The molecule has 0 unspecified atom stereocenters. The van der Waals surface area contributed by atoms with Crippen LogP contribution in [0.15, 0.2) is 18.2 Å². The van der Waals surface area contributed by atoms with Crippen LogP contribution in [-0.2, 0) is 17.5 Å². The molecule has 2 aliphatic heterocycles. The van der Waals surface area contributed by atoms with Gasteiger partial charge in [0.1, 0.15) is 42.1 Å². The lowest BCUT2D eigenvalue weighted by Gasteiger charge is -2.40. The van der Waals surface area contributed by atoms with Gasteiger partial charge in [0.25, 0.3) is 0 Å². The molecule has 192 valence electrons. The molecule has 5 rings (SSSR count). The van der Waals surface area contributed by atoms with Gasteiger partial charge in [-0.3, -0.25) is 4.79 Å². The molecular weight excluding hydrogens is 497 g/mol. The molecule has 1 saturated heterocycles. The average molecular weight is 523 g/mol. The Morgan fingerprint density at radius 2 is 1.89 bits per heavy atom. The molecule has 9 nitrogen and oxygen atoms in total. The zero-order chi connectivity index (χ0) is 25.6. The first-order valence-electron chi connectivity index (χ1n) is 11.5. The molecule has 0 saturated carbocycles. The monoisotopic (exact) mass is 522 g/mol. The highest BCUT2D eigenvalue weighted by molar-refractivity contribution is 7.16. The molecule has 2 aromatic heterocycles. The quantitative estimate of drug-likeness (QED) is 0.518. The number of carbonyl (C=O) groups excluding carboxylic acids is 1. The number of anilines is 1. The fraction of sp³-hybridized carbons (Fsp3) is 0.478. The molecule has 13 heteroatoms. The van der Waals surface area contributed by atoms with Gasteiger partial charge < -0.3 is 19.3 Å². The third-order valence-corrected chi connectivity index (χ3v) is 7.31. The number of ether oxygens (including phenoxy) is 2. The molecule has 4 heterocycles.